The normalized spacial score (nSPS) is 12.1. The molecule has 5 heteroatoms. The number of rotatable bonds is 3. The Morgan fingerprint density at radius 1 is 1.08 bits per heavy atom. The van der Waals surface area contributed by atoms with Crippen molar-refractivity contribution in [3.63, 3.8) is 0 Å². The van der Waals surface area contributed by atoms with Crippen LogP contribution < -0.4 is 20.7 Å². The second-order valence-corrected chi connectivity index (χ2v) is 6.85. The third-order valence-electron chi connectivity index (χ3n) is 4.71. The molecular weight excluding hydrogens is 378 g/mol. The molecule has 0 radical (unpaired) electrons. The van der Waals surface area contributed by atoms with Gasteiger partial charge in [0.1, 0.15) is 0 Å². The van der Waals surface area contributed by atoms with Gasteiger partial charge in [0.05, 0.1) is 21.5 Å². The van der Waals surface area contributed by atoms with Gasteiger partial charge in [0, 0.05) is 35.6 Å². The van der Waals surface area contributed by atoms with E-state index >= 15 is 0 Å². The number of nitrogen functional groups attached to an aromatic ring is 1. The number of anilines is 4. The molecule has 1 aliphatic rings. The van der Waals surface area contributed by atoms with Crippen molar-refractivity contribution in [3.05, 3.63) is 46.9 Å². The molecule has 1 aliphatic heterocycles. The number of halogens is 1. The Bertz CT molecular complexity index is 967. The lowest BCUT2D eigenvalue weighted by Gasteiger charge is -2.28. The molecule has 3 aromatic rings. The van der Waals surface area contributed by atoms with Gasteiger partial charge in [-0.1, -0.05) is 24.3 Å². The van der Waals surface area contributed by atoms with Crippen LogP contribution in [0.4, 0.5) is 22.7 Å². The lowest BCUT2D eigenvalue weighted by molar-refractivity contribution is 0.479. The Balaban J connectivity index is 1.86. The van der Waals surface area contributed by atoms with E-state index in [1.807, 2.05) is 18.2 Å². The van der Waals surface area contributed by atoms with E-state index in [1.165, 1.54) is 0 Å². The number of hydrogen-bond acceptors (Lipinski definition) is 4. The monoisotopic (exact) mass is 397 g/mol. The molecule has 0 amide bonds. The van der Waals surface area contributed by atoms with Gasteiger partial charge in [-0.3, -0.25) is 0 Å². The highest BCUT2D eigenvalue weighted by Gasteiger charge is 2.24. The van der Waals surface area contributed by atoms with Crippen molar-refractivity contribution in [1.29, 1.82) is 0 Å². The predicted molar refractivity (Wildman–Crippen MR) is 109 cm³/mol. The van der Waals surface area contributed by atoms with Gasteiger partial charge < -0.3 is 20.7 Å². The topological polar surface area (TPSA) is 50.5 Å². The van der Waals surface area contributed by atoms with E-state index < -0.39 is 0 Å². The van der Waals surface area contributed by atoms with Crippen LogP contribution in [0.15, 0.2) is 46.9 Å². The maximum atomic E-state index is 6.32. The van der Waals surface area contributed by atoms with Crippen LogP contribution in [0.1, 0.15) is 13.8 Å². The molecule has 1 heterocycles. The van der Waals surface area contributed by atoms with Crippen LogP contribution in [0.3, 0.4) is 0 Å². The van der Waals surface area contributed by atoms with E-state index in [-0.39, 0.29) is 0 Å². The average molecular weight is 398 g/mol. The molecule has 0 saturated heterocycles. The summed E-state index contributed by atoms with van der Waals surface area (Å²) in [6.07, 6.45) is 0. The van der Waals surface area contributed by atoms with Gasteiger partial charge in [-0.15, -0.1) is 0 Å². The van der Waals surface area contributed by atoms with Gasteiger partial charge >= 0.3 is 0 Å². The molecule has 0 unspecified atom stereocenters. The second kappa shape index (κ2) is 6.15. The predicted octanol–water partition coefficient (Wildman–Crippen LogP) is 5.88. The number of nitrogens with two attached hydrogens (primary N) is 1. The smallest absolute Gasteiger partial charge is 0.167 e. The summed E-state index contributed by atoms with van der Waals surface area (Å²) < 4.78 is 7.05. The third kappa shape index (κ3) is 2.50. The summed E-state index contributed by atoms with van der Waals surface area (Å²) in [6.45, 7) is 6.22. The molecule has 0 aliphatic carbocycles. The van der Waals surface area contributed by atoms with Gasteiger partial charge in [0.25, 0.3) is 0 Å². The summed E-state index contributed by atoms with van der Waals surface area (Å²) >= 11 is 3.61. The van der Waals surface area contributed by atoms with Crippen LogP contribution >= 0.6 is 15.9 Å². The lowest BCUT2D eigenvalue weighted by atomic mass is 10.0. The Labute approximate surface area is 155 Å². The zero-order valence-corrected chi connectivity index (χ0v) is 15.9. The van der Waals surface area contributed by atoms with Gasteiger partial charge in [0.15, 0.2) is 11.5 Å². The number of hydrogen-bond donors (Lipinski definition) is 2. The van der Waals surface area contributed by atoms with Crippen LogP contribution in [0, 0.1) is 0 Å². The first-order chi connectivity index (χ1) is 12.1. The zero-order valence-electron chi connectivity index (χ0n) is 14.3. The highest BCUT2D eigenvalue weighted by atomic mass is 79.9. The third-order valence-corrected chi connectivity index (χ3v) is 5.50. The number of fused-ring (bicyclic) bond motifs is 4. The van der Waals surface area contributed by atoms with Crippen molar-refractivity contribution in [2.45, 2.75) is 13.8 Å². The Morgan fingerprint density at radius 3 is 2.52 bits per heavy atom. The van der Waals surface area contributed by atoms with Crippen LogP contribution in [-0.4, -0.2) is 13.1 Å². The van der Waals surface area contributed by atoms with E-state index in [2.05, 4.69) is 64.3 Å². The zero-order chi connectivity index (χ0) is 17.6. The van der Waals surface area contributed by atoms with Crippen molar-refractivity contribution in [1.82, 2.24) is 0 Å². The summed E-state index contributed by atoms with van der Waals surface area (Å²) in [5, 5.41) is 5.58. The second-order valence-electron chi connectivity index (χ2n) is 6.06. The molecule has 0 spiro atoms. The van der Waals surface area contributed by atoms with Crippen molar-refractivity contribution in [2.75, 3.05) is 29.0 Å². The molecule has 0 aromatic heterocycles. The van der Waals surface area contributed by atoms with Crippen LogP contribution in [-0.2, 0) is 0 Å². The minimum atomic E-state index is 0.694. The molecule has 128 valence electrons. The average Bonchev–Trinajstić information content (AvgIpc) is 2.66. The van der Waals surface area contributed by atoms with Gasteiger partial charge in [-0.2, -0.15) is 0 Å². The summed E-state index contributed by atoms with van der Waals surface area (Å²) in [5.41, 5.74) is 10.1. The number of nitrogens with one attached hydrogen (secondary N) is 1. The quantitative estimate of drug-likeness (QED) is 0.423. The maximum absolute atomic E-state index is 6.32. The molecule has 0 atom stereocenters. The molecule has 25 heavy (non-hydrogen) atoms. The minimum Gasteiger partial charge on any atom is -0.452 e. The summed E-state index contributed by atoms with van der Waals surface area (Å²) in [6, 6.07) is 14.4. The minimum absolute atomic E-state index is 0.694. The highest BCUT2D eigenvalue weighted by Crippen LogP contribution is 2.52. The Kier molecular flexibility index (Phi) is 3.96. The first-order valence-corrected chi connectivity index (χ1v) is 9.26. The maximum Gasteiger partial charge on any atom is 0.167 e. The molecule has 0 bridgehead atoms. The van der Waals surface area contributed by atoms with Crippen LogP contribution in [0.25, 0.3) is 10.8 Å². The summed E-state index contributed by atoms with van der Waals surface area (Å²) in [5.74, 6) is 1.55. The fourth-order valence-corrected chi connectivity index (χ4v) is 3.85. The molecule has 3 aromatic carbocycles. The van der Waals surface area contributed by atoms with Crippen molar-refractivity contribution >= 4 is 49.5 Å². The largest absolute Gasteiger partial charge is 0.452 e. The van der Waals surface area contributed by atoms with Gasteiger partial charge in [0.2, 0.25) is 0 Å². The van der Waals surface area contributed by atoms with Gasteiger partial charge in [-0.05, 0) is 41.9 Å². The highest BCUT2D eigenvalue weighted by molar-refractivity contribution is 9.10. The molecular formula is C20H20BrN3O. The molecule has 0 fully saturated rings. The Morgan fingerprint density at radius 2 is 1.80 bits per heavy atom. The SMILES string of the molecule is CCN(CC)c1ccc2c(c1)Oc1c(Br)c(N)c3ccccc3c1N2. The Hall–Kier alpha value is -2.40. The van der Waals surface area contributed by atoms with Crippen molar-refractivity contribution < 1.29 is 4.74 Å². The molecule has 4 rings (SSSR count). The van der Waals surface area contributed by atoms with Crippen LogP contribution in [0.2, 0.25) is 0 Å². The van der Waals surface area contributed by atoms with E-state index in [9.17, 15) is 0 Å². The van der Waals surface area contributed by atoms with Crippen LogP contribution in [0.5, 0.6) is 11.5 Å². The van der Waals surface area contributed by atoms with E-state index in [0.717, 1.165) is 56.9 Å². The first-order valence-electron chi connectivity index (χ1n) is 8.47. The number of benzene rings is 3. The number of ether oxygens (including phenoxy) is 1. The molecule has 3 N–H and O–H groups in total. The van der Waals surface area contributed by atoms with Crippen molar-refractivity contribution in [2.24, 2.45) is 0 Å². The summed E-state index contributed by atoms with van der Waals surface area (Å²) in [4.78, 5) is 2.29. The van der Waals surface area contributed by atoms with E-state index in [1.54, 1.807) is 0 Å². The first kappa shape index (κ1) is 16.1. The van der Waals surface area contributed by atoms with E-state index in [0.29, 0.717) is 5.69 Å². The lowest BCUT2D eigenvalue weighted by Crippen LogP contribution is -2.21. The summed E-state index contributed by atoms with van der Waals surface area (Å²) in [7, 11) is 0. The fourth-order valence-electron chi connectivity index (χ4n) is 3.36. The number of nitrogens with zero attached hydrogens (tertiary/aromatic N) is 1. The van der Waals surface area contributed by atoms with Crippen molar-refractivity contribution in [3.8, 4) is 11.5 Å². The fraction of sp³-hybridized carbons (Fsp3) is 0.200. The van der Waals surface area contributed by atoms with E-state index in [4.69, 9.17) is 10.5 Å². The standard InChI is InChI=1S/C20H20BrN3O/c1-3-24(4-2)12-9-10-15-16(11-12)25-20-17(21)18(22)13-7-5-6-8-14(13)19(20)23-15/h5-11,23H,3-4,22H2,1-2H3. The molecule has 4 nitrogen and oxygen atoms in total. The van der Waals surface area contributed by atoms with Gasteiger partial charge in [-0.25, -0.2) is 0 Å². The molecule has 0 saturated carbocycles.